The summed E-state index contributed by atoms with van der Waals surface area (Å²) in [6.07, 6.45) is 11.8. The number of aromatic nitrogens is 4. The maximum Gasteiger partial charge on any atom is 0.333 e. The minimum atomic E-state index is -0.285. The minimum absolute atomic E-state index is 0.0340. The van der Waals surface area contributed by atoms with Crippen molar-refractivity contribution in [3.8, 4) is 0 Å². The Morgan fingerprint density at radius 3 is 2.07 bits per heavy atom. The van der Waals surface area contributed by atoms with Crippen LogP contribution in [-0.4, -0.2) is 24.5 Å². The second kappa shape index (κ2) is 7.44. The molecule has 0 saturated heterocycles. The first-order valence-corrected chi connectivity index (χ1v) is 10.3. The zero-order valence-electron chi connectivity index (χ0n) is 16.0. The van der Waals surface area contributed by atoms with Gasteiger partial charge in [-0.3, -0.25) is 18.7 Å². The van der Waals surface area contributed by atoms with E-state index in [1.807, 2.05) is 0 Å². The van der Waals surface area contributed by atoms with Crippen molar-refractivity contribution < 1.29 is 4.79 Å². The molecule has 0 radical (unpaired) electrons. The van der Waals surface area contributed by atoms with Crippen LogP contribution in [0, 0.1) is 0 Å². The van der Waals surface area contributed by atoms with Crippen molar-refractivity contribution in [3.63, 3.8) is 0 Å². The summed E-state index contributed by atoms with van der Waals surface area (Å²) < 4.78 is 4.87. The van der Waals surface area contributed by atoms with E-state index < -0.39 is 0 Å². The van der Waals surface area contributed by atoms with Crippen molar-refractivity contribution >= 4 is 16.9 Å². The van der Waals surface area contributed by atoms with Crippen LogP contribution in [-0.2, 0) is 11.3 Å². The Hall–Kier alpha value is -2.18. The number of hydrogen-bond donors (Lipinski definition) is 0. The summed E-state index contributed by atoms with van der Waals surface area (Å²) in [6.45, 7) is 1.61. The van der Waals surface area contributed by atoms with Gasteiger partial charge in [0.05, 0.1) is 12.9 Å². The highest BCUT2D eigenvalue weighted by atomic mass is 16.2. The molecule has 0 spiro atoms. The van der Waals surface area contributed by atoms with Gasteiger partial charge in [0.1, 0.15) is 5.78 Å². The van der Waals surface area contributed by atoms with E-state index in [1.54, 1.807) is 9.13 Å². The summed E-state index contributed by atoms with van der Waals surface area (Å²) in [6, 6.07) is 0.0449. The van der Waals surface area contributed by atoms with Gasteiger partial charge in [0.2, 0.25) is 0 Å². The van der Waals surface area contributed by atoms with Gasteiger partial charge in [0.25, 0.3) is 5.56 Å². The molecule has 0 aliphatic heterocycles. The highest BCUT2D eigenvalue weighted by Crippen LogP contribution is 2.30. The lowest BCUT2D eigenvalue weighted by atomic mass is 9.94. The summed E-state index contributed by atoms with van der Waals surface area (Å²) >= 11 is 0. The maximum atomic E-state index is 13.4. The Balaban J connectivity index is 1.96. The molecule has 7 heteroatoms. The number of carbonyl (C=O) groups excluding carboxylic acids is 1. The Kier molecular flexibility index (Phi) is 5.02. The van der Waals surface area contributed by atoms with Crippen molar-refractivity contribution in [1.82, 2.24) is 18.7 Å². The molecule has 2 aliphatic carbocycles. The molecule has 0 atom stereocenters. The lowest BCUT2D eigenvalue weighted by molar-refractivity contribution is -0.117. The number of imidazole rings is 1. The van der Waals surface area contributed by atoms with Crippen LogP contribution < -0.4 is 11.2 Å². The van der Waals surface area contributed by atoms with E-state index in [9.17, 15) is 14.4 Å². The van der Waals surface area contributed by atoms with E-state index in [0.717, 1.165) is 57.8 Å². The second-order valence-corrected chi connectivity index (χ2v) is 8.16. The number of rotatable bonds is 4. The van der Waals surface area contributed by atoms with Crippen LogP contribution in [0.1, 0.15) is 83.2 Å². The first-order valence-electron chi connectivity index (χ1n) is 10.3. The van der Waals surface area contributed by atoms with Crippen molar-refractivity contribution in [3.05, 3.63) is 27.2 Å². The fourth-order valence-corrected chi connectivity index (χ4v) is 4.86. The molecule has 0 aromatic carbocycles. The van der Waals surface area contributed by atoms with E-state index in [-0.39, 0.29) is 35.7 Å². The molecular weight excluding hydrogens is 344 g/mol. The van der Waals surface area contributed by atoms with E-state index in [0.29, 0.717) is 11.2 Å². The number of carbonyl (C=O) groups is 1. The smallest absolute Gasteiger partial charge is 0.317 e. The first-order chi connectivity index (χ1) is 13.1. The Morgan fingerprint density at radius 2 is 1.52 bits per heavy atom. The van der Waals surface area contributed by atoms with Gasteiger partial charge in [-0.05, 0) is 32.6 Å². The predicted molar refractivity (Wildman–Crippen MR) is 103 cm³/mol. The van der Waals surface area contributed by atoms with E-state index in [1.165, 1.54) is 24.2 Å². The predicted octanol–water partition coefficient (Wildman–Crippen LogP) is 2.96. The molecule has 2 aliphatic rings. The van der Waals surface area contributed by atoms with Gasteiger partial charge >= 0.3 is 5.69 Å². The van der Waals surface area contributed by atoms with Crippen LogP contribution in [0.15, 0.2) is 15.9 Å². The topological polar surface area (TPSA) is 78.9 Å². The standard InChI is InChI=1S/C20H28N4O3/c1-14(25)12-22-13-21-18-17(22)19(26)24(16-10-6-3-7-11-16)20(27)23(18)15-8-4-2-5-9-15/h13,15-16H,2-12H2,1H3. The quantitative estimate of drug-likeness (QED) is 0.826. The van der Waals surface area contributed by atoms with Gasteiger partial charge in [-0.2, -0.15) is 0 Å². The largest absolute Gasteiger partial charge is 0.333 e. The molecule has 2 aromatic rings. The minimum Gasteiger partial charge on any atom is -0.317 e. The third-order valence-electron chi connectivity index (χ3n) is 6.15. The van der Waals surface area contributed by atoms with E-state index in [4.69, 9.17) is 0 Å². The maximum absolute atomic E-state index is 13.4. The van der Waals surface area contributed by atoms with Crippen LogP contribution in [0.3, 0.4) is 0 Å². The van der Waals surface area contributed by atoms with E-state index >= 15 is 0 Å². The summed E-state index contributed by atoms with van der Waals surface area (Å²) in [5.74, 6) is -0.0340. The zero-order chi connectivity index (χ0) is 19.0. The van der Waals surface area contributed by atoms with Gasteiger partial charge in [-0.25, -0.2) is 9.78 Å². The number of nitrogens with zero attached hydrogens (tertiary/aromatic N) is 4. The second-order valence-electron chi connectivity index (χ2n) is 8.16. The van der Waals surface area contributed by atoms with Crippen LogP contribution in [0.4, 0.5) is 0 Å². The molecule has 27 heavy (non-hydrogen) atoms. The van der Waals surface area contributed by atoms with Gasteiger partial charge in [-0.15, -0.1) is 0 Å². The number of Topliss-reactive ketones (excluding diaryl/α,β-unsaturated/α-hetero) is 1. The van der Waals surface area contributed by atoms with Gasteiger partial charge < -0.3 is 4.57 Å². The Morgan fingerprint density at radius 1 is 0.963 bits per heavy atom. The lowest BCUT2D eigenvalue weighted by Gasteiger charge is -2.28. The van der Waals surface area contributed by atoms with Crippen LogP contribution in [0.2, 0.25) is 0 Å². The molecule has 2 fully saturated rings. The highest BCUT2D eigenvalue weighted by Gasteiger charge is 2.28. The van der Waals surface area contributed by atoms with E-state index in [2.05, 4.69) is 4.98 Å². The average Bonchev–Trinajstić information content (AvgIpc) is 3.06. The molecule has 2 aromatic heterocycles. The summed E-state index contributed by atoms with van der Waals surface area (Å²) in [5.41, 5.74) is 0.359. The van der Waals surface area contributed by atoms with Crippen molar-refractivity contribution in [2.45, 2.75) is 89.8 Å². The zero-order valence-corrected chi connectivity index (χ0v) is 16.0. The monoisotopic (exact) mass is 372 g/mol. The summed E-state index contributed by atoms with van der Waals surface area (Å²) in [4.78, 5) is 42.9. The third kappa shape index (κ3) is 3.28. The third-order valence-corrected chi connectivity index (χ3v) is 6.15. The van der Waals surface area contributed by atoms with Gasteiger partial charge in [0, 0.05) is 12.1 Å². The molecule has 0 N–H and O–H groups in total. The Labute approximate surface area is 158 Å². The van der Waals surface area contributed by atoms with Crippen molar-refractivity contribution in [2.24, 2.45) is 0 Å². The molecule has 4 rings (SSSR count). The van der Waals surface area contributed by atoms with Crippen LogP contribution in [0.25, 0.3) is 11.2 Å². The normalized spacial score (nSPS) is 19.6. The van der Waals surface area contributed by atoms with Gasteiger partial charge in [-0.1, -0.05) is 38.5 Å². The fraction of sp³-hybridized carbons (Fsp3) is 0.700. The van der Waals surface area contributed by atoms with Crippen LogP contribution >= 0.6 is 0 Å². The van der Waals surface area contributed by atoms with Gasteiger partial charge in [0.15, 0.2) is 11.2 Å². The summed E-state index contributed by atoms with van der Waals surface area (Å²) in [7, 11) is 0. The Bertz CT molecular complexity index is 956. The lowest BCUT2D eigenvalue weighted by Crippen LogP contribution is -2.44. The van der Waals surface area contributed by atoms with Crippen LogP contribution in [0.5, 0.6) is 0 Å². The summed E-state index contributed by atoms with van der Waals surface area (Å²) in [5, 5.41) is 0. The van der Waals surface area contributed by atoms with Crippen molar-refractivity contribution in [1.29, 1.82) is 0 Å². The molecule has 0 unspecified atom stereocenters. The molecule has 146 valence electrons. The number of hydrogen-bond acceptors (Lipinski definition) is 4. The number of fused-ring (bicyclic) bond motifs is 1. The molecular formula is C20H28N4O3. The average molecular weight is 372 g/mol. The number of ketones is 1. The van der Waals surface area contributed by atoms with Crippen molar-refractivity contribution in [2.75, 3.05) is 0 Å². The molecule has 0 bridgehead atoms. The first kappa shape index (κ1) is 18.2. The molecule has 2 saturated carbocycles. The highest BCUT2D eigenvalue weighted by molar-refractivity contribution is 5.78. The molecule has 2 heterocycles. The fourth-order valence-electron chi connectivity index (χ4n) is 4.86. The SMILES string of the molecule is CC(=O)Cn1cnc2c1c(=O)n(C1CCCCC1)c(=O)n2C1CCCCC1. The molecule has 7 nitrogen and oxygen atoms in total. The molecule has 0 amide bonds.